The van der Waals surface area contributed by atoms with Gasteiger partial charge in [0.2, 0.25) is 5.91 Å². The van der Waals surface area contributed by atoms with Gasteiger partial charge in [-0.1, -0.05) is 24.7 Å². The molecule has 0 atom stereocenters. The summed E-state index contributed by atoms with van der Waals surface area (Å²) in [6.07, 6.45) is 2.41. The van der Waals surface area contributed by atoms with Crippen molar-refractivity contribution < 1.29 is 9.90 Å². The number of phenolic OH excluding ortho intramolecular Hbond substituents is 1. The second-order valence-corrected chi connectivity index (χ2v) is 5.76. The molecule has 0 spiro atoms. The number of rotatable bonds is 4. The maximum Gasteiger partial charge on any atom is 0.240 e. The molecule has 3 N–H and O–H groups in total. The number of aromatic hydroxyl groups is 1. The molecule has 5 heteroatoms. The van der Waals surface area contributed by atoms with Crippen LogP contribution in [-0.2, 0) is 4.79 Å². The molecule has 0 aromatic heterocycles. The molecule has 20 heavy (non-hydrogen) atoms. The lowest BCUT2D eigenvalue weighted by Gasteiger charge is -2.42. The number of benzene rings is 1. The summed E-state index contributed by atoms with van der Waals surface area (Å²) in [5.74, 6) is 0.0993. The molecule has 1 aromatic carbocycles. The monoisotopic (exact) mass is 292 g/mol. The zero-order valence-electron chi connectivity index (χ0n) is 11.8. The van der Waals surface area contributed by atoms with Gasteiger partial charge < -0.3 is 15.7 Å². The number of carbonyl (C=O) groups excluding carboxylic acids is 1. The summed E-state index contributed by atoms with van der Waals surface area (Å²) in [7, 11) is 0. The molecule has 4 nitrogen and oxygen atoms in total. The lowest BCUT2D eigenvalue weighted by atomic mass is 9.67. The van der Waals surface area contributed by atoms with E-state index in [-0.39, 0.29) is 16.6 Å². The van der Waals surface area contributed by atoms with Crippen LogP contribution in [0.2, 0.25) is 0 Å². The van der Waals surface area contributed by atoms with E-state index < -0.39 is 5.41 Å². The summed E-state index contributed by atoms with van der Waals surface area (Å²) < 4.78 is 0. The van der Waals surface area contributed by atoms with Gasteiger partial charge in [0.1, 0.15) is 5.75 Å². The molecule has 1 aromatic rings. The second kappa shape index (κ2) is 5.40. The summed E-state index contributed by atoms with van der Waals surface area (Å²) in [5.41, 5.74) is 6.78. The Morgan fingerprint density at radius 1 is 1.50 bits per heavy atom. The molecule has 0 aliphatic heterocycles. The third-order valence-corrected chi connectivity index (χ3v) is 4.52. The number of nitrogens with two attached hydrogens (primary N) is 1. The van der Waals surface area contributed by atoms with Gasteiger partial charge in [0, 0.05) is 12.6 Å². The van der Waals surface area contributed by atoms with Crippen molar-refractivity contribution in [3.63, 3.8) is 0 Å². The Hall–Kier alpha value is -1.62. The maximum atomic E-state index is 12.9. The van der Waals surface area contributed by atoms with Crippen LogP contribution in [0.25, 0.3) is 0 Å². The number of hydrogen-bond donors (Lipinski definition) is 2. The molecular formula is C15H20N2O2S. The smallest absolute Gasteiger partial charge is 0.240 e. The lowest BCUT2D eigenvalue weighted by Crippen LogP contribution is -2.54. The molecule has 108 valence electrons. The van der Waals surface area contributed by atoms with Crippen LogP contribution >= 0.6 is 12.2 Å². The van der Waals surface area contributed by atoms with E-state index in [4.69, 9.17) is 18.0 Å². The molecular weight excluding hydrogens is 272 g/mol. The first-order valence-electron chi connectivity index (χ1n) is 6.84. The first kappa shape index (κ1) is 14.8. The first-order valence-corrected chi connectivity index (χ1v) is 7.24. The summed E-state index contributed by atoms with van der Waals surface area (Å²) >= 11 is 5.11. The van der Waals surface area contributed by atoms with Gasteiger partial charge in [-0.25, -0.2) is 0 Å². The molecule has 0 bridgehead atoms. The van der Waals surface area contributed by atoms with E-state index in [2.05, 4.69) is 0 Å². The van der Waals surface area contributed by atoms with Crippen molar-refractivity contribution in [3.05, 3.63) is 23.8 Å². The van der Waals surface area contributed by atoms with Crippen molar-refractivity contribution in [1.29, 1.82) is 0 Å². The number of aryl methyl sites for hydroxylation is 1. The van der Waals surface area contributed by atoms with Gasteiger partial charge >= 0.3 is 0 Å². The van der Waals surface area contributed by atoms with Gasteiger partial charge in [-0.15, -0.1) is 0 Å². The lowest BCUT2D eigenvalue weighted by molar-refractivity contribution is -0.128. The molecule has 0 saturated heterocycles. The number of amides is 1. The highest BCUT2D eigenvalue weighted by atomic mass is 32.1. The minimum atomic E-state index is -0.691. The average molecular weight is 292 g/mol. The molecule has 0 unspecified atom stereocenters. The van der Waals surface area contributed by atoms with Crippen molar-refractivity contribution >= 4 is 28.8 Å². The van der Waals surface area contributed by atoms with E-state index in [1.165, 1.54) is 0 Å². The van der Waals surface area contributed by atoms with Crippen LogP contribution in [0.5, 0.6) is 5.75 Å². The number of phenols is 1. The fourth-order valence-electron chi connectivity index (χ4n) is 2.67. The van der Waals surface area contributed by atoms with Crippen molar-refractivity contribution in [3.8, 4) is 5.75 Å². The quantitative estimate of drug-likeness (QED) is 0.837. The van der Waals surface area contributed by atoms with Gasteiger partial charge in [0.25, 0.3) is 0 Å². The maximum absolute atomic E-state index is 12.9. The van der Waals surface area contributed by atoms with Gasteiger partial charge in [-0.3, -0.25) is 4.79 Å². The highest BCUT2D eigenvalue weighted by Gasteiger charge is 2.49. The van der Waals surface area contributed by atoms with E-state index in [0.29, 0.717) is 6.54 Å². The standard InChI is InChI=1S/C15H20N2O2S/c1-3-17(12-9-11(18)6-5-10(12)2)14(19)15(13(16)20)7-4-8-15/h5-6,9,18H,3-4,7-8H2,1-2H3,(H2,16,20). The Morgan fingerprint density at radius 3 is 2.60 bits per heavy atom. The molecule has 1 aliphatic rings. The number of hydrogen-bond acceptors (Lipinski definition) is 3. The summed E-state index contributed by atoms with van der Waals surface area (Å²) in [6, 6.07) is 5.03. The minimum absolute atomic E-state index is 0.0487. The average Bonchev–Trinajstić information content (AvgIpc) is 2.32. The van der Waals surface area contributed by atoms with Crippen LogP contribution in [0, 0.1) is 12.3 Å². The number of anilines is 1. The Morgan fingerprint density at radius 2 is 2.15 bits per heavy atom. The first-order chi connectivity index (χ1) is 9.42. The van der Waals surface area contributed by atoms with Gasteiger partial charge in [-0.05, 0) is 38.3 Å². The SMILES string of the molecule is CCN(C(=O)C1(C(N)=S)CCC1)c1cc(O)ccc1C. The van der Waals surface area contributed by atoms with Crippen LogP contribution in [0.15, 0.2) is 18.2 Å². The summed E-state index contributed by atoms with van der Waals surface area (Å²) in [4.78, 5) is 14.8. The second-order valence-electron chi connectivity index (χ2n) is 5.32. The number of thiocarbonyl (C=S) groups is 1. The fraction of sp³-hybridized carbons (Fsp3) is 0.467. The Bertz CT molecular complexity index is 553. The van der Waals surface area contributed by atoms with Crippen LogP contribution in [0.3, 0.4) is 0 Å². The number of nitrogens with zero attached hydrogens (tertiary/aromatic N) is 1. The molecule has 0 heterocycles. The van der Waals surface area contributed by atoms with Crippen molar-refractivity contribution in [2.75, 3.05) is 11.4 Å². The molecule has 1 fully saturated rings. The van der Waals surface area contributed by atoms with Crippen LogP contribution in [0.4, 0.5) is 5.69 Å². The van der Waals surface area contributed by atoms with Crippen LogP contribution in [-0.4, -0.2) is 22.5 Å². The van der Waals surface area contributed by atoms with Crippen molar-refractivity contribution in [1.82, 2.24) is 0 Å². The molecule has 2 rings (SSSR count). The zero-order valence-corrected chi connectivity index (χ0v) is 12.7. The Kier molecular flexibility index (Phi) is 3.99. The van der Waals surface area contributed by atoms with E-state index in [1.807, 2.05) is 13.8 Å². The molecule has 1 saturated carbocycles. The molecule has 0 radical (unpaired) electrons. The van der Waals surface area contributed by atoms with Gasteiger partial charge in [0.05, 0.1) is 16.1 Å². The topological polar surface area (TPSA) is 66.6 Å². The van der Waals surface area contributed by atoms with Crippen molar-refractivity contribution in [2.45, 2.75) is 33.1 Å². The normalized spacial score (nSPS) is 16.3. The summed E-state index contributed by atoms with van der Waals surface area (Å²) in [5, 5.41) is 9.66. The Balaban J connectivity index is 2.39. The third-order valence-electron chi connectivity index (χ3n) is 4.13. The van der Waals surface area contributed by atoms with Crippen LogP contribution < -0.4 is 10.6 Å². The predicted octanol–water partition coefficient (Wildman–Crippen LogP) is 2.51. The van der Waals surface area contributed by atoms with Crippen molar-refractivity contribution in [2.24, 2.45) is 11.1 Å². The highest BCUT2D eigenvalue weighted by Crippen LogP contribution is 2.44. The highest BCUT2D eigenvalue weighted by molar-refractivity contribution is 7.80. The van der Waals surface area contributed by atoms with E-state index in [1.54, 1.807) is 23.1 Å². The van der Waals surface area contributed by atoms with E-state index >= 15 is 0 Å². The van der Waals surface area contributed by atoms with Crippen LogP contribution in [0.1, 0.15) is 31.7 Å². The largest absolute Gasteiger partial charge is 0.508 e. The minimum Gasteiger partial charge on any atom is -0.508 e. The fourth-order valence-corrected chi connectivity index (χ4v) is 2.96. The van der Waals surface area contributed by atoms with Gasteiger partial charge in [0.15, 0.2) is 0 Å². The summed E-state index contributed by atoms with van der Waals surface area (Å²) in [6.45, 7) is 4.35. The van der Waals surface area contributed by atoms with Gasteiger partial charge in [-0.2, -0.15) is 0 Å². The predicted molar refractivity (Wildman–Crippen MR) is 83.9 cm³/mol. The van der Waals surface area contributed by atoms with E-state index in [0.717, 1.165) is 30.5 Å². The molecule has 1 amide bonds. The number of carbonyl (C=O) groups is 1. The third kappa shape index (κ3) is 2.26. The zero-order chi connectivity index (χ0) is 14.9. The Labute approximate surface area is 124 Å². The molecule has 1 aliphatic carbocycles. The van der Waals surface area contributed by atoms with E-state index in [9.17, 15) is 9.90 Å².